The molecule has 0 radical (unpaired) electrons. The molecule has 0 aliphatic carbocycles. The van der Waals surface area contributed by atoms with Crippen molar-refractivity contribution in [2.45, 2.75) is 45.4 Å². The van der Waals surface area contributed by atoms with Crippen LogP contribution in [-0.2, 0) is 33.1 Å². The quantitative estimate of drug-likeness (QED) is 0.400. The number of fused-ring (bicyclic) bond motifs is 5. The first-order chi connectivity index (χ1) is 14.9. The molecular formula is C23H20N2O6. The average molecular weight is 420 g/mol. The summed E-state index contributed by atoms with van der Waals surface area (Å²) < 4.78 is 12.0. The van der Waals surface area contributed by atoms with E-state index in [4.69, 9.17) is 14.5 Å². The van der Waals surface area contributed by atoms with Gasteiger partial charge in [0.15, 0.2) is 5.60 Å². The molecule has 1 N–H and O–H groups in total. The monoisotopic (exact) mass is 420 g/mol. The zero-order valence-corrected chi connectivity index (χ0v) is 17.1. The molecule has 5 rings (SSSR count). The van der Waals surface area contributed by atoms with Gasteiger partial charge in [-0.15, -0.1) is 0 Å². The summed E-state index contributed by atoms with van der Waals surface area (Å²) in [6, 6.07) is 8.78. The molecule has 1 aromatic carbocycles. The smallest absolute Gasteiger partial charge is 0.343 e. The molecule has 0 spiro atoms. The number of nitrogens with zero attached hydrogens (tertiary/aromatic N) is 2. The molecular weight excluding hydrogens is 400 g/mol. The van der Waals surface area contributed by atoms with Crippen molar-refractivity contribution < 1.29 is 24.2 Å². The molecule has 3 aromatic rings. The molecule has 0 bridgehead atoms. The third-order valence-electron chi connectivity index (χ3n) is 6.00. The third-order valence-corrected chi connectivity index (χ3v) is 6.00. The lowest BCUT2D eigenvalue weighted by Gasteiger charge is -2.31. The van der Waals surface area contributed by atoms with E-state index in [1.165, 1.54) is 0 Å². The maximum Gasteiger partial charge on any atom is 0.343 e. The van der Waals surface area contributed by atoms with Crippen LogP contribution >= 0.6 is 0 Å². The van der Waals surface area contributed by atoms with Crippen molar-refractivity contribution in [3.8, 4) is 17.1 Å². The molecule has 2 aliphatic heterocycles. The Balaban J connectivity index is 1.66. The minimum atomic E-state index is -1.85. The SMILES string of the molecule is CCC(=O)Oc1ccc2nc3c(cc2c1)Cn1c-3cc2c(c1=O)COC(=O)C2(O)CC. The summed E-state index contributed by atoms with van der Waals surface area (Å²) in [4.78, 5) is 41.7. The van der Waals surface area contributed by atoms with Gasteiger partial charge in [-0.1, -0.05) is 13.8 Å². The van der Waals surface area contributed by atoms with E-state index in [0.717, 1.165) is 10.9 Å². The summed E-state index contributed by atoms with van der Waals surface area (Å²) in [5.41, 5.74) is 1.13. The Hall–Kier alpha value is -3.52. The number of aliphatic hydroxyl groups is 1. The zero-order chi connectivity index (χ0) is 21.9. The maximum absolute atomic E-state index is 13.2. The third kappa shape index (κ3) is 2.79. The highest BCUT2D eigenvalue weighted by Crippen LogP contribution is 2.38. The van der Waals surface area contributed by atoms with E-state index in [0.29, 0.717) is 40.3 Å². The molecule has 158 valence electrons. The van der Waals surface area contributed by atoms with Gasteiger partial charge >= 0.3 is 11.9 Å². The van der Waals surface area contributed by atoms with Crippen molar-refractivity contribution in [3.63, 3.8) is 0 Å². The van der Waals surface area contributed by atoms with Crippen LogP contribution in [0.2, 0.25) is 0 Å². The van der Waals surface area contributed by atoms with E-state index < -0.39 is 11.6 Å². The number of pyridine rings is 2. The number of esters is 2. The van der Waals surface area contributed by atoms with E-state index >= 15 is 0 Å². The molecule has 4 heterocycles. The fourth-order valence-electron chi connectivity index (χ4n) is 4.23. The van der Waals surface area contributed by atoms with Crippen LogP contribution in [0.25, 0.3) is 22.3 Å². The Morgan fingerprint density at radius 3 is 2.81 bits per heavy atom. The van der Waals surface area contributed by atoms with Gasteiger partial charge in [0, 0.05) is 22.9 Å². The second-order valence-corrected chi connectivity index (χ2v) is 7.78. The largest absolute Gasteiger partial charge is 0.458 e. The molecule has 8 nitrogen and oxygen atoms in total. The first-order valence-corrected chi connectivity index (χ1v) is 10.2. The standard InChI is InChI=1S/C23H20N2O6/c1-3-19(26)31-14-5-6-17-12(8-14)7-13-10-25-18(20(13)24-17)9-16-15(21(25)27)11-30-22(28)23(16,29)4-2/h5-9,29H,3-4,10-11H2,1-2H3. The molecule has 2 aromatic heterocycles. The number of hydrogen-bond donors (Lipinski definition) is 1. The minimum absolute atomic E-state index is 0.0962. The molecule has 0 amide bonds. The number of cyclic esters (lactones) is 1. The molecule has 0 fully saturated rings. The molecule has 2 aliphatic rings. The topological polar surface area (TPSA) is 108 Å². The highest BCUT2D eigenvalue weighted by Gasteiger charge is 2.45. The summed E-state index contributed by atoms with van der Waals surface area (Å²) in [5.74, 6) is -0.628. The highest BCUT2D eigenvalue weighted by molar-refractivity contribution is 5.87. The minimum Gasteiger partial charge on any atom is -0.458 e. The van der Waals surface area contributed by atoms with Crippen molar-refractivity contribution in [3.05, 3.63) is 57.4 Å². The summed E-state index contributed by atoms with van der Waals surface area (Å²) in [7, 11) is 0. The van der Waals surface area contributed by atoms with E-state index in [9.17, 15) is 19.5 Å². The second kappa shape index (κ2) is 6.75. The molecule has 0 saturated carbocycles. The van der Waals surface area contributed by atoms with Crippen molar-refractivity contribution >= 4 is 22.8 Å². The van der Waals surface area contributed by atoms with Crippen LogP contribution in [0, 0.1) is 0 Å². The number of carbonyl (C=O) groups is 2. The van der Waals surface area contributed by atoms with Gasteiger partial charge in [0.25, 0.3) is 5.56 Å². The summed E-state index contributed by atoms with van der Waals surface area (Å²) >= 11 is 0. The number of hydrogen-bond acceptors (Lipinski definition) is 7. The first-order valence-electron chi connectivity index (χ1n) is 10.2. The van der Waals surface area contributed by atoms with Crippen molar-refractivity contribution in [2.75, 3.05) is 0 Å². The van der Waals surface area contributed by atoms with Crippen molar-refractivity contribution in [1.82, 2.24) is 9.55 Å². The van der Waals surface area contributed by atoms with E-state index in [1.807, 2.05) is 6.07 Å². The summed E-state index contributed by atoms with van der Waals surface area (Å²) in [6.07, 6.45) is 0.374. The summed E-state index contributed by atoms with van der Waals surface area (Å²) in [6.45, 7) is 3.55. The number of rotatable bonds is 3. The van der Waals surface area contributed by atoms with E-state index in [1.54, 1.807) is 42.7 Å². The Kier molecular flexibility index (Phi) is 4.23. The Morgan fingerprint density at radius 2 is 2.06 bits per heavy atom. The van der Waals surface area contributed by atoms with Crippen LogP contribution < -0.4 is 10.3 Å². The van der Waals surface area contributed by atoms with E-state index in [-0.39, 0.29) is 31.0 Å². The fraction of sp³-hybridized carbons (Fsp3) is 0.304. The van der Waals surface area contributed by atoms with Crippen LogP contribution in [0.15, 0.2) is 35.1 Å². The lowest BCUT2D eigenvalue weighted by atomic mass is 9.86. The molecule has 8 heteroatoms. The van der Waals surface area contributed by atoms with Crippen molar-refractivity contribution in [2.24, 2.45) is 0 Å². The zero-order valence-electron chi connectivity index (χ0n) is 17.1. The number of aromatic nitrogens is 2. The molecule has 1 atom stereocenters. The van der Waals surface area contributed by atoms with Gasteiger partial charge in [0.2, 0.25) is 0 Å². The highest BCUT2D eigenvalue weighted by atomic mass is 16.6. The first kappa shape index (κ1) is 19.4. The Bertz CT molecular complexity index is 1340. The lowest BCUT2D eigenvalue weighted by Crippen LogP contribution is -2.44. The van der Waals surface area contributed by atoms with Crippen LogP contribution in [0.5, 0.6) is 5.75 Å². The maximum atomic E-state index is 13.2. The van der Waals surface area contributed by atoms with Crippen LogP contribution in [0.3, 0.4) is 0 Å². The van der Waals surface area contributed by atoms with Gasteiger partial charge in [-0.25, -0.2) is 9.78 Å². The van der Waals surface area contributed by atoms with Gasteiger partial charge in [-0.05, 0) is 36.8 Å². The van der Waals surface area contributed by atoms with Gasteiger partial charge in [0.05, 0.1) is 29.0 Å². The normalized spacial score (nSPS) is 18.9. The lowest BCUT2D eigenvalue weighted by molar-refractivity contribution is -0.172. The number of ether oxygens (including phenoxy) is 2. The molecule has 31 heavy (non-hydrogen) atoms. The number of benzene rings is 1. The molecule has 0 saturated heterocycles. The Labute approximate surface area is 177 Å². The van der Waals surface area contributed by atoms with Crippen molar-refractivity contribution in [1.29, 1.82) is 0 Å². The van der Waals surface area contributed by atoms with Gasteiger partial charge in [-0.2, -0.15) is 0 Å². The fourth-order valence-corrected chi connectivity index (χ4v) is 4.23. The average Bonchev–Trinajstić information content (AvgIpc) is 3.13. The second-order valence-electron chi connectivity index (χ2n) is 7.78. The van der Waals surface area contributed by atoms with Gasteiger partial charge < -0.3 is 19.1 Å². The van der Waals surface area contributed by atoms with Crippen LogP contribution in [-0.4, -0.2) is 26.6 Å². The predicted octanol–water partition coefficient (Wildman–Crippen LogP) is 2.39. The predicted molar refractivity (Wildman–Crippen MR) is 110 cm³/mol. The van der Waals surface area contributed by atoms with Gasteiger partial charge in [-0.3, -0.25) is 9.59 Å². The van der Waals surface area contributed by atoms with E-state index in [2.05, 4.69) is 0 Å². The summed E-state index contributed by atoms with van der Waals surface area (Å²) in [5, 5.41) is 11.7. The van der Waals surface area contributed by atoms with Gasteiger partial charge in [0.1, 0.15) is 12.4 Å². The number of carbonyl (C=O) groups excluding carboxylic acids is 2. The Morgan fingerprint density at radius 1 is 1.26 bits per heavy atom. The molecule has 1 unspecified atom stereocenters. The van der Waals surface area contributed by atoms with Crippen LogP contribution in [0.4, 0.5) is 0 Å². The van der Waals surface area contributed by atoms with Crippen LogP contribution in [0.1, 0.15) is 43.4 Å².